The van der Waals surface area contributed by atoms with Crippen molar-refractivity contribution in [3.8, 4) is 0 Å². The fourth-order valence-electron chi connectivity index (χ4n) is 4.81. The smallest absolute Gasteiger partial charge is 0.306 e. The van der Waals surface area contributed by atoms with E-state index >= 15 is 0 Å². The van der Waals surface area contributed by atoms with Crippen molar-refractivity contribution in [1.29, 1.82) is 0 Å². The number of nitrogens with zero attached hydrogens (tertiary/aromatic N) is 1. The summed E-state index contributed by atoms with van der Waals surface area (Å²) in [6, 6.07) is 0. The van der Waals surface area contributed by atoms with Gasteiger partial charge in [-0.25, -0.2) is 0 Å². The molecule has 0 aliphatic heterocycles. The molecule has 9 heteroatoms. The number of hydrogen-bond acceptors (Lipinski definition) is 7. The molecule has 0 aliphatic rings. The number of quaternary nitrogens is 1. The highest BCUT2D eigenvalue weighted by molar-refractivity contribution is 7.45. The van der Waals surface area contributed by atoms with Gasteiger partial charge in [0.2, 0.25) is 0 Å². The lowest BCUT2D eigenvalue weighted by atomic mass is 10.1. The molecule has 2 unspecified atom stereocenters. The van der Waals surface area contributed by atoms with Crippen LogP contribution in [0.5, 0.6) is 0 Å². The first-order valence-corrected chi connectivity index (χ1v) is 22.7. The fourth-order valence-corrected chi connectivity index (χ4v) is 5.54. The van der Waals surface area contributed by atoms with Gasteiger partial charge in [-0.2, -0.15) is 0 Å². The van der Waals surface area contributed by atoms with Crippen molar-refractivity contribution in [2.24, 2.45) is 0 Å². The number of unbranched alkanes of at least 4 members (excludes halogenated alkanes) is 3. The van der Waals surface area contributed by atoms with E-state index in [2.05, 4.69) is 129 Å². The van der Waals surface area contributed by atoms with Gasteiger partial charge in [-0.05, 0) is 89.9 Å². The van der Waals surface area contributed by atoms with Crippen molar-refractivity contribution in [1.82, 2.24) is 0 Å². The van der Waals surface area contributed by atoms with Gasteiger partial charge in [0, 0.05) is 6.42 Å². The number of phosphoric ester groups is 1. The predicted molar refractivity (Wildman–Crippen MR) is 240 cm³/mol. The van der Waals surface area contributed by atoms with Gasteiger partial charge in [0.15, 0.2) is 0 Å². The molecule has 2 atom stereocenters. The van der Waals surface area contributed by atoms with Crippen LogP contribution in [0, 0.1) is 0 Å². The Morgan fingerprint density at radius 1 is 0.544 bits per heavy atom. The monoisotopic (exact) mass is 812 g/mol. The van der Waals surface area contributed by atoms with Crippen LogP contribution >= 0.6 is 7.82 Å². The third-order valence-electron chi connectivity index (χ3n) is 8.03. The Balaban J connectivity index is 4.48. The number of carbonyl (C=O) groups is 1. The molecule has 8 nitrogen and oxygen atoms in total. The van der Waals surface area contributed by atoms with Crippen LogP contribution in [0.15, 0.2) is 122 Å². The molecular weight excluding hydrogens is 734 g/mol. The molecule has 0 spiro atoms. The van der Waals surface area contributed by atoms with Gasteiger partial charge in [-0.1, -0.05) is 142 Å². The van der Waals surface area contributed by atoms with Crippen LogP contribution in [0.3, 0.4) is 0 Å². The lowest BCUT2D eigenvalue weighted by molar-refractivity contribution is -0.870. The van der Waals surface area contributed by atoms with Crippen molar-refractivity contribution >= 4 is 13.8 Å². The van der Waals surface area contributed by atoms with Crippen LogP contribution in [0.1, 0.15) is 117 Å². The number of carbonyl (C=O) groups excluding carboxylic acids is 1. The molecule has 0 heterocycles. The second-order valence-electron chi connectivity index (χ2n) is 14.6. The van der Waals surface area contributed by atoms with Gasteiger partial charge in [0.25, 0.3) is 7.82 Å². The number of allylic oxidation sites excluding steroid dienone is 19. The van der Waals surface area contributed by atoms with E-state index in [0.717, 1.165) is 83.5 Å². The van der Waals surface area contributed by atoms with Crippen molar-refractivity contribution in [3.63, 3.8) is 0 Å². The summed E-state index contributed by atoms with van der Waals surface area (Å²) in [5, 5.41) is 0. The largest absolute Gasteiger partial charge is 0.756 e. The quantitative estimate of drug-likeness (QED) is 0.0203. The Hall–Kier alpha value is -3.10. The minimum atomic E-state index is -4.56. The van der Waals surface area contributed by atoms with Crippen LogP contribution in [0.25, 0.3) is 0 Å². The molecule has 0 N–H and O–H groups in total. The lowest BCUT2D eigenvalue weighted by Crippen LogP contribution is -2.37. The molecule has 0 aromatic heterocycles. The molecule has 322 valence electrons. The van der Waals surface area contributed by atoms with Crippen LogP contribution in [0.2, 0.25) is 0 Å². The van der Waals surface area contributed by atoms with Crippen LogP contribution < -0.4 is 4.89 Å². The fraction of sp³-hybridized carbons (Fsp3) is 0.562. The summed E-state index contributed by atoms with van der Waals surface area (Å²) in [6.07, 6.45) is 56.7. The zero-order valence-corrected chi connectivity index (χ0v) is 37.1. The molecule has 0 aromatic rings. The van der Waals surface area contributed by atoms with Crippen molar-refractivity contribution in [2.75, 3.05) is 54.1 Å². The lowest BCUT2D eigenvalue weighted by Gasteiger charge is -2.28. The predicted octanol–water partition coefficient (Wildman–Crippen LogP) is 12.0. The van der Waals surface area contributed by atoms with Crippen molar-refractivity contribution < 1.29 is 37.3 Å². The Bertz CT molecular complexity index is 1310. The molecule has 0 radical (unpaired) electrons. The summed E-state index contributed by atoms with van der Waals surface area (Å²) in [7, 11) is 1.26. The zero-order chi connectivity index (χ0) is 42.0. The van der Waals surface area contributed by atoms with Crippen LogP contribution in [-0.4, -0.2) is 70.7 Å². The first kappa shape index (κ1) is 53.9. The summed E-state index contributed by atoms with van der Waals surface area (Å²) in [4.78, 5) is 25.0. The highest BCUT2D eigenvalue weighted by atomic mass is 31.2. The minimum absolute atomic E-state index is 0.00188. The van der Waals surface area contributed by atoms with E-state index in [0.29, 0.717) is 30.5 Å². The van der Waals surface area contributed by atoms with E-state index in [4.69, 9.17) is 18.5 Å². The molecule has 0 saturated heterocycles. The second kappa shape index (κ2) is 39.7. The SMILES string of the molecule is CC/C=C\C/C=C\C/C=C\C/C=C\C/C=C\CCCCCC(=O)OC(COCC/C=C\C/C=C\C/C=C\C/C=C\C/C=C\CC)COP(=O)([O-])OCC[N+](C)(C)C. The number of esters is 1. The Labute approximate surface area is 348 Å². The molecular formula is C48H78NO7P. The second-order valence-corrected chi connectivity index (χ2v) is 16.0. The molecule has 57 heavy (non-hydrogen) atoms. The van der Waals surface area contributed by atoms with E-state index < -0.39 is 19.9 Å². The molecule has 0 bridgehead atoms. The third kappa shape index (κ3) is 43.9. The van der Waals surface area contributed by atoms with Gasteiger partial charge in [0.05, 0.1) is 41.0 Å². The standard InChI is InChI=1S/C48H78NO7P/c1-6-8-10-12-14-16-18-20-22-24-25-26-27-29-31-33-35-37-39-41-48(50)56-47(46-55-57(51,52)54-44-42-49(3,4)5)45-53-43-40-38-36-34-32-30-28-23-21-19-17-15-13-11-9-7-2/h8-11,14-17,20-23,25-26,29-32,36,38,47H,6-7,12-13,18-19,24,27-28,33-35,37,39-46H2,1-5H3/b10-8-,11-9-,16-14-,17-15-,22-20-,23-21-,26-25-,31-29-,32-30-,38-36-. The average Bonchev–Trinajstić information content (AvgIpc) is 3.16. The summed E-state index contributed by atoms with van der Waals surface area (Å²) < 4.78 is 34.4. The topological polar surface area (TPSA) is 94.1 Å². The summed E-state index contributed by atoms with van der Waals surface area (Å²) >= 11 is 0. The maximum Gasteiger partial charge on any atom is 0.306 e. The van der Waals surface area contributed by atoms with Gasteiger partial charge < -0.3 is 27.9 Å². The number of likely N-dealkylation sites (N-methyl/N-ethyl adjacent to an activating group) is 1. The van der Waals surface area contributed by atoms with E-state index in [9.17, 15) is 14.3 Å². The highest BCUT2D eigenvalue weighted by Gasteiger charge is 2.20. The first-order valence-electron chi connectivity index (χ1n) is 21.3. The van der Waals surface area contributed by atoms with E-state index in [-0.39, 0.29) is 26.2 Å². The zero-order valence-electron chi connectivity index (χ0n) is 36.2. The normalized spacial score (nSPS) is 15.0. The van der Waals surface area contributed by atoms with Gasteiger partial charge in [-0.3, -0.25) is 9.36 Å². The number of rotatable bonds is 37. The molecule has 0 saturated carbocycles. The Morgan fingerprint density at radius 2 is 0.965 bits per heavy atom. The summed E-state index contributed by atoms with van der Waals surface area (Å²) in [6.45, 7) is 4.85. The molecule has 0 aliphatic carbocycles. The average molecular weight is 812 g/mol. The third-order valence-corrected chi connectivity index (χ3v) is 8.99. The van der Waals surface area contributed by atoms with Gasteiger partial charge in [-0.15, -0.1) is 0 Å². The van der Waals surface area contributed by atoms with E-state index in [1.54, 1.807) is 0 Å². The number of hydrogen-bond donors (Lipinski definition) is 0. The number of ether oxygens (including phenoxy) is 2. The van der Waals surface area contributed by atoms with E-state index in [1.165, 1.54) is 0 Å². The maximum atomic E-state index is 12.7. The molecule has 0 aromatic carbocycles. The van der Waals surface area contributed by atoms with Crippen LogP contribution in [-0.2, 0) is 27.9 Å². The molecule has 0 fully saturated rings. The maximum absolute atomic E-state index is 12.7. The molecule has 0 amide bonds. The van der Waals surface area contributed by atoms with Crippen molar-refractivity contribution in [3.05, 3.63) is 122 Å². The minimum Gasteiger partial charge on any atom is -0.756 e. The molecule has 0 rings (SSSR count). The Morgan fingerprint density at radius 3 is 1.40 bits per heavy atom. The highest BCUT2D eigenvalue weighted by Crippen LogP contribution is 2.38. The van der Waals surface area contributed by atoms with Gasteiger partial charge >= 0.3 is 5.97 Å². The van der Waals surface area contributed by atoms with Crippen LogP contribution in [0.4, 0.5) is 0 Å². The first-order chi connectivity index (χ1) is 27.6. The van der Waals surface area contributed by atoms with Crippen molar-refractivity contribution in [2.45, 2.75) is 123 Å². The van der Waals surface area contributed by atoms with Gasteiger partial charge in [0.1, 0.15) is 19.3 Å². The van der Waals surface area contributed by atoms with E-state index in [1.807, 2.05) is 27.2 Å². The number of phosphoric acid groups is 1. The Kier molecular flexibility index (Phi) is 37.6. The summed E-state index contributed by atoms with van der Waals surface area (Å²) in [5.74, 6) is -0.397. The summed E-state index contributed by atoms with van der Waals surface area (Å²) in [5.41, 5.74) is 0.